The maximum atomic E-state index is 13.2. The second-order valence-corrected chi connectivity index (χ2v) is 13.4. The van der Waals surface area contributed by atoms with Crippen LogP contribution in [0.1, 0.15) is 32.1 Å². The number of hydrogen-bond donors (Lipinski definition) is 1. The fourth-order valence-electron chi connectivity index (χ4n) is 4.56. The molecule has 0 bridgehead atoms. The maximum absolute atomic E-state index is 13.2. The highest BCUT2D eigenvalue weighted by atomic mass is 32.2. The molecule has 2 fully saturated rings. The minimum atomic E-state index is -3.71. The van der Waals surface area contributed by atoms with Crippen molar-refractivity contribution < 1.29 is 16.8 Å². The van der Waals surface area contributed by atoms with Crippen LogP contribution < -0.4 is 9.62 Å². The number of aromatic nitrogens is 1. The Morgan fingerprint density at radius 2 is 1.47 bits per heavy atom. The van der Waals surface area contributed by atoms with Gasteiger partial charge in [-0.1, -0.05) is 42.7 Å². The highest BCUT2D eigenvalue weighted by Gasteiger charge is 2.30. The molecular weight excluding hydrogens is 492 g/mol. The molecule has 1 aliphatic carbocycles. The van der Waals surface area contributed by atoms with Crippen molar-refractivity contribution in [2.75, 3.05) is 31.1 Å². The normalized spacial score (nSPS) is 19.0. The Morgan fingerprint density at radius 3 is 2.15 bits per heavy atom. The van der Waals surface area contributed by atoms with E-state index in [-0.39, 0.29) is 15.8 Å². The van der Waals surface area contributed by atoms with Gasteiger partial charge in [-0.15, -0.1) is 0 Å². The van der Waals surface area contributed by atoms with Crippen molar-refractivity contribution in [3.8, 4) is 0 Å². The Hall–Kier alpha value is -2.05. The molecular formula is C23H28N4O4S3. The molecule has 11 heteroatoms. The van der Waals surface area contributed by atoms with Crippen molar-refractivity contribution in [2.45, 2.75) is 47.9 Å². The van der Waals surface area contributed by atoms with Crippen LogP contribution in [0.2, 0.25) is 0 Å². The zero-order valence-electron chi connectivity index (χ0n) is 18.8. The second kappa shape index (κ2) is 9.54. The fourth-order valence-corrected chi connectivity index (χ4v) is 8.31. The van der Waals surface area contributed by atoms with Crippen LogP contribution in [0.3, 0.4) is 0 Å². The van der Waals surface area contributed by atoms with Gasteiger partial charge in [0, 0.05) is 32.2 Å². The fraction of sp³-hybridized carbons (Fsp3) is 0.435. The first-order valence-electron chi connectivity index (χ1n) is 11.6. The molecule has 34 heavy (non-hydrogen) atoms. The topological polar surface area (TPSA) is 99.7 Å². The van der Waals surface area contributed by atoms with Gasteiger partial charge in [-0.2, -0.15) is 4.31 Å². The molecule has 5 rings (SSSR count). The molecule has 182 valence electrons. The summed E-state index contributed by atoms with van der Waals surface area (Å²) in [6, 6.07) is 13.5. The average Bonchev–Trinajstić information content (AvgIpc) is 3.29. The van der Waals surface area contributed by atoms with Crippen LogP contribution in [0.25, 0.3) is 10.2 Å². The van der Waals surface area contributed by atoms with Gasteiger partial charge in [-0.05, 0) is 49.2 Å². The molecule has 3 aromatic rings. The quantitative estimate of drug-likeness (QED) is 0.535. The summed E-state index contributed by atoms with van der Waals surface area (Å²) in [7, 11) is -7.37. The van der Waals surface area contributed by atoms with E-state index in [0.29, 0.717) is 26.2 Å². The number of nitrogens with one attached hydrogen (secondary N) is 1. The van der Waals surface area contributed by atoms with Crippen molar-refractivity contribution in [3.63, 3.8) is 0 Å². The predicted octanol–water partition coefficient (Wildman–Crippen LogP) is 3.42. The van der Waals surface area contributed by atoms with Gasteiger partial charge in [0.1, 0.15) is 0 Å². The van der Waals surface area contributed by atoms with Crippen LogP contribution in [0.15, 0.2) is 58.3 Å². The summed E-state index contributed by atoms with van der Waals surface area (Å²) in [5, 5.41) is 0.901. The molecule has 0 radical (unpaired) electrons. The van der Waals surface area contributed by atoms with Gasteiger partial charge in [0.05, 0.1) is 20.0 Å². The lowest BCUT2D eigenvalue weighted by Crippen LogP contribution is -2.48. The number of para-hydroxylation sites is 1. The molecule has 0 amide bonds. The van der Waals surface area contributed by atoms with E-state index in [1.165, 1.54) is 28.6 Å². The average molecular weight is 521 g/mol. The number of fused-ring (bicyclic) bond motifs is 1. The van der Waals surface area contributed by atoms with Gasteiger partial charge < -0.3 is 4.90 Å². The third-order valence-corrected chi connectivity index (χ3v) is 11.0. The van der Waals surface area contributed by atoms with Crippen LogP contribution in [-0.4, -0.2) is 58.3 Å². The molecule has 1 saturated heterocycles. The third-order valence-electron chi connectivity index (χ3n) is 6.49. The lowest BCUT2D eigenvalue weighted by Gasteiger charge is -2.33. The maximum Gasteiger partial charge on any atom is 0.243 e. The van der Waals surface area contributed by atoms with Gasteiger partial charge in [0.15, 0.2) is 5.13 Å². The lowest BCUT2D eigenvalue weighted by molar-refractivity contribution is 0.385. The number of piperazine rings is 1. The lowest BCUT2D eigenvalue weighted by atomic mass is 9.96. The molecule has 8 nitrogen and oxygen atoms in total. The summed E-state index contributed by atoms with van der Waals surface area (Å²) in [5.74, 6) is 0. The molecule has 2 aromatic carbocycles. The first-order valence-corrected chi connectivity index (χ1v) is 15.3. The Kier molecular flexibility index (Phi) is 6.64. The number of benzene rings is 2. The van der Waals surface area contributed by atoms with E-state index in [2.05, 4.69) is 14.6 Å². The predicted molar refractivity (Wildman–Crippen MR) is 134 cm³/mol. The summed E-state index contributed by atoms with van der Waals surface area (Å²) in [4.78, 5) is 6.99. The van der Waals surface area contributed by atoms with E-state index >= 15 is 0 Å². The summed E-state index contributed by atoms with van der Waals surface area (Å²) >= 11 is 1.61. The number of nitrogens with zero attached hydrogens (tertiary/aromatic N) is 3. The van der Waals surface area contributed by atoms with Crippen LogP contribution in [0, 0.1) is 0 Å². The zero-order valence-corrected chi connectivity index (χ0v) is 21.2. The monoisotopic (exact) mass is 520 g/mol. The van der Waals surface area contributed by atoms with Gasteiger partial charge in [-0.25, -0.2) is 26.5 Å². The number of sulfonamides is 2. The number of anilines is 1. The van der Waals surface area contributed by atoms with Crippen LogP contribution in [0.5, 0.6) is 0 Å². The second-order valence-electron chi connectivity index (χ2n) is 8.78. The van der Waals surface area contributed by atoms with Crippen molar-refractivity contribution in [1.29, 1.82) is 0 Å². The van der Waals surface area contributed by atoms with E-state index in [0.717, 1.165) is 47.5 Å². The highest BCUT2D eigenvalue weighted by Crippen LogP contribution is 2.30. The van der Waals surface area contributed by atoms with E-state index in [9.17, 15) is 16.8 Å². The Morgan fingerprint density at radius 1 is 0.824 bits per heavy atom. The van der Waals surface area contributed by atoms with Gasteiger partial charge in [0.2, 0.25) is 20.0 Å². The van der Waals surface area contributed by atoms with E-state index < -0.39 is 20.0 Å². The molecule has 1 N–H and O–H groups in total. The van der Waals surface area contributed by atoms with E-state index in [1.807, 2.05) is 24.3 Å². The number of thiazole rings is 1. The van der Waals surface area contributed by atoms with Crippen LogP contribution in [0.4, 0.5) is 5.13 Å². The van der Waals surface area contributed by atoms with E-state index in [4.69, 9.17) is 0 Å². The largest absolute Gasteiger partial charge is 0.345 e. The highest BCUT2D eigenvalue weighted by molar-refractivity contribution is 7.89. The number of hydrogen-bond acceptors (Lipinski definition) is 7. The van der Waals surface area contributed by atoms with Crippen molar-refractivity contribution in [2.24, 2.45) is 0 Å². The summed E-state index contributed by atoms with van der Waals surface area (Å²) in [6.07, 6.45) is 4.87. The summed E-state index contributed by atoms with van der Waals surface area (Å²) in [5.41, 5.74) is 0.950. The number of rotatable bonds is 6. The van der Waals surface area contributed by atoms with Gasteiger partial charge in [0.25, 0.3) is 0 Å². The van der Waals surface area contributed by atoms with Gasteiger partial charge >= 0.3 is 0 Å². The van der Waals surface area contributed by atoms with Crippen molar-refractivity contribution >= 4 is 46.7 Å². The molecule has 1 aromatic heterocycles. The minimum absolute atomic E-state index is 0.0473. The molecule has 0 atom stereocenters. The molecule has 2 heterocycles. The van der Waals surface area contributed by atoms with Crippen molar-refractivity contribution in [3.05, 3.63) is 48.5 Å². The van der Waals surface area contributed by atoms with Crippen LogP contribution in [-0.2, 0) is 20.0 Å². The first kappa shape index (κ1) is 23.7. The Bertz CT molecular complexity index is 1320. The summed E-state index contributed by atoms with van der Waals surface area (Å²) < 4.78 is 57.1. The van der Waals surface area contributed by atoms with Crippen LogP contribution >= 0.6 is 11.3 Å². The van der Waals surface area contributed by atoms with E-state index in [1.54, 1.807) is 11.3 Å². The molecule has 1 saturated carbocycles. The summed E-state index contributed by atoms with van der Waals surface area (Å²) in [6.45, 7) is 1.80. The molecule has 2 aliphatic rings. The first-order chi connectivity index (χ1) is 16.3. The SMILES string of the molecule is O=S(=O)(NC1CCCCC1)c1ccc(S(=O)(=O)N2CCN(c3nc4ccccc4s3)CC2)cc1. The smallest absolute Gasteiger partial charge is 0.243 e. The molecule has 0 spiro atoms. The molecule has 1 aliphatic heterocycles. The van der Waals surface area contributed by atoms with Crippen molar-refractivity contribution in [1.82, 2.24) is 14.0 Å². The zero-order chi connectivity index (χ0) is 23.8. The van der Waals surface area contributed by atoms with Gasteiger partial charge in [-0.3, -0.25) is 0 Å². The third kappa shape index (κ3) is 4.85. The standard InChI is InChI=1S/C23H28N4O4S3/c28-33(29,25-18-6-2-1-3-7-18)19-10-12-20(13-11-19)34(30,31)27-16-14-26(15-17-27)23-24-21-8-4-5-9-22(21)32-23/h4-5,8-13,18,25H,1-3,6-7,14-17H2. The molecule has 0 unspecified atom stereocenters. The Labute approximate surface area is 204 Å². The minimum Gasteiger partial charge on any atom is -0.345 e. The Balaban J connectivity index is 1.25.